The van der Waals surface area contributed by atoms with Crippen molar-refractivity contribution in [3.05, 3.63) is 116 Å². The van der Waals surface area contributed by atoms with Gasteiger partial charge >= 0.3 is 11.9 Å². The smallest absolute Gasteiger partial charge is 0.316 e. The molecule has 2 saturated carbocycles. The van der Waals surface area contributed by atoms with Gasteiger partial charge in [-0.25, -0.2) is 8.78 Å². The normalized spacial score (nSPS) is 13.0. The van der Waals surface area contributed by atoms with Gasteiger partial charge in [0.25, 0.3) is 0 Å². The van der Waals surface area contributed by atoms with Gasteiger partial charge in [-0.15, -0.1) is 24.2 Å². The molecule has 0 radical (unpaired) electrons. The summed E-state index contributed by atoms with van der Waals surface area (Å²) in [6.07, 6.45) is 5.22. The van der Waals surface area contributed by atoms with Crippen LogP contribution in [-0.4, -0.2) is 97.8 Å². The Morgan fingerprint density at radius 3 is 1.21 bits per heavy atom. The zero-order chi connectivity index (χ0) is 54.8. The molecule has 0 unspecified atom stereocenters. The van der Waals surface area contributed by atoms with Gasteiger partial charge in [-0.2, -0.15) is 0 Å². The van der Waals surface area contributed by atoms with Crippen LogP contribution in [0, 0.1) is 35.8 Å². The fourth-order valence-electron chi connectivity index (χ4n) is 7.09. The second-order valence-electron chi connectivity index (χ2n) is 17.3. The Hall–Kier alpha value is -6.16. The van der Waals surface area contributed by atoms with E-state index in [2.05, 4.69) is 34.8 Å². The fourth-order valence-corrected chi connectivity index (χ4v) is 7.69. The first kappa shape index (κ1) is 61.1. The van der Waals surface area contributed by atoms with Crippen molar-refractivity contribution in [3.63, 3.8) is 0 Å². The van der Waals surface area contributed by atoms with Crippen molar-refractivity contribution in [2.75, 3.05) is 40.3 Å². The molecule has 0 atom stereocenters. The van der Waals surface area contributed by atoms with E-state index in [1.807, 2.05) is 13.8 Å². The molecule has 4 amide bonds. The van der Waals surface area contributed by atoms with Crippen LogP contribution < -0.4 is 10.6 Å². The van der Waals surface area contributed by atoms with Crippen molar-refractivity contribution < 1.29 is 47.0 Å². The largest absolute Gasteiger partial charge is 0.458 e. The minimum Gasteiger partial charge on any atom is -0.458 e. The highest BCUT2D eigenvalue weighted by Gasteiger charge is 2.54. The number of terminal acetylenes is 1. The maximum Gasteiger partial charge on any atom is 0.316 e. The van der Waals surface area contributed by atoms with Crippen LogP contribution in [0.25, 0.3) is 22.3 Å². The molecule has 0 saturated heterocycles. The van der Waals surface area contributed by atoms with Crippen molar-refractivity contribution in [1.82, 2.24) is 20.4 Å². The van der Waals surface area contributed by atoms with Gasteiger partial charge in [0.05, 0.1) is 57.1 Å². The average Bonchev–Trinajstić information content (AvgIpc) is 4.28. The molecular weight excluding hydrogens is 1020 g/mol. The quantitative estimate of drug-likeness (QED) is 0.0831. The second-order valence-corrected chi connectivity index (χ2v) is 19.0. The first-order valence-electron chi connectivity index (χ1n) is 23.0. The number of benzene rings is 4. The number of amides is 4. The summed E-state index contributed by atoms with van der Waals surface area (Å²) in [7, 11) is 3.20. The lowest BCUT2D eigenvalue weighted by Gasteiger charge is -2.28. The van der Waals surface area contributed by atoms with Crippen LogP contribution in [0.15, 0.2) is 72.8 Å². The lowest BCUT2D eigenvalue weighted by Crippen LogP contribution is -2.44. The van der Waals surface area contributed by atoms with Crippen molar-refractivity contribution in [2.45, 2.75) is 97.2 Å². The molecule has 0 heterocycles. The van der Waals surface area contributed by atoms with Gasteiger partial charge in [0.15, 0.2) is 0 Å². The second kappa shape index (κ2) is 28.3. The summed E-state index contributed by atoms with van der Waals surface area (Å²) < 4.78 is 41.4. The lowest BCUT2D eigenvalue weighted by molar-refractivity contribution is -0.156. The molecule has 4 aromatic carbocycles. The minimum absolute atomic E-state index is 0.0576. The maximum atomic E-state index is 15.1. The number of nitrogens with one attached hydrogen (secondary N) is 2. The van der Waals surface area contributed by atoms with E-state index in [0.29, 0.717) is 79.2 Å². The number of halogens is 6. The number of rotatable bonds is 16. The number of carbonyl (C=O) groups excluding carboxylic acids is 6. The Morgan fingerprint density at radius 2 is 0.932 bits per heavy atom. The Kier molecular flexibility index (Phi) is 23.7. The monoisotopic (exact) mass is 1080 g/mol. The predicted octanol–water partition coefficient (Wildman–Crippen LogP) is 10.4. The molecular formula is C55H60Cl4F2N4O8. The van der Waals surface area contributed by atoms with Crippen LogP contribution in [0.1, 0.15) is 85.3 Å². The molecule has 2 aliphatic rings. The van der Waals surface area contributed by atoms with Crippen molar-refractivity contribution in [2.24, 2.45) is 0 Å². The average molecular weight is 1080 g/mol. The third-order valence-corrected chi connectivity index (χ3v) is 13.2. The summed E-state index contributed by atoms with van der Waals surface area (Å²) in [6, 6.07) is 19.0. The molecule has 6 rings (SSSR count). The molecule has 2 fully saturated rings. The van der Waals surface area contributed by atoms with E-state index < -0.39 is 46.6 Å². The van der Waals surface area contributed by atoms with Crippen molar-refractivity contribution in [3.8, 4) is 46.4 Å². The van der Waals surface area contributed by atoms with E-state index in [0.717, 1.165) is 0 Å². The molecule has 12 nitrogen and oxygen atoms in total. The van der Waals surface area contributed by atoms with Gasteiger partial charge in [-0.1, -0.05) is 82.8 Å². The number of likely N-dealkylation sites (N-methyl/N-ethyl adjacent to an activating group) is 2. The van der Waals surface area contributed by atoms with E-state index in [4.69, 9.17) is 55.9 Å². The molecule has 0 aliphatic heterocycles. The topological polar surface area (TPSA) is 151 Å². The number of nitrogens with zero attached hydrogens (tertiary/aromatic N) is 2. The Labute approximate surface area is 446 Å². The first-order chi connectivity index (χ1) is 34.4. The van der Waals surface area contributed by atoms with Crippen LogP contribution in [0.4, 0.5) is 8.78 Å². The van der Waals surface area contributed by atoms with E-state index in [1.54, 1.807) is 81.7 Å². The molecule has 4 aromatic rings. The lowest BCUT2D eigenvalue weighted by atomic mass is 9.93. The van der Waals surface area contributed by atoms with Crippen molar-refractivity contribution >= 4 is 82.0 Å². The summed E-state index contributed by atoms with van der Waals surface area (Å²) >= 11 is 24.0. The first-order valence-corrected chi connectivity index (χ1v) is 24.5. The molecule has 2 aliphatic carbocycles. The summed E-state index contributed by atoms with van der Waals surface area (Å²) in [5.74, 6) is 4.69. The maximum absolute atomic E-state index is 15.1. The zero-order valence-electron chi connectivity index (χ0n) is 42.2. The van der Waals surface area contributed by atoms with Gasteiger partial charge in [0.1, 0.15) is 23.8 Å². The van der Waals surface area contributed by atoms with E-state index >= 15 is 4.39 Å². The van der Waals surface area contributed by atoms with Crippen LogP contribution in [0.5, 0.6) is 0 Å². The minimum atomic E-state index is -0.946. The fraction of sp³-hybridized carbons (Fsp3) is 0.382. The van der Waals surface area contributed by atoms with Crippen molar-refractivity contribution in [1.29, 1.82) is 0 Å². The number of carbonyl (C=O) groups is 6. The zero-order valence-corrected chi connectivity index (χ0v) is 45.3. The van der Waals surface area contributed by atoms with Gasteiger partial charge in [0.2, 0.25) is 23.6 Å². The van der Waals surface area contributed by atoms with Crippen LogP contribution in [0.3, 0.4) is 0 Å². The molecule has 0 aromatic heterocycles. The van der Waals surface area contributed by atoms with Gasteiger partial charge in [0, 0.05) is 52.9 Å². The highest BCUT2D eigenvalue weighted by molar-refractivity contribution is 6.42. The molecule has 390 valence electrons. The summed E-state index contributed by atoms with van der Waals surface area (Å²) in [6.45, 7) is 11.2. The third kappa shape index (κ3) is 17.8. The molecule has 18 heteroatoms. The van der Waals surface area contributed by atoms with E-state index in [-0.39, 0.29) is 49.8 Å². The molecule has 0 spiro atoms. The number of esters is 2. The Balaban J connectivity index is 0.000000342. The van der Waals surface area contributed by atoms with Gasteiger partial charge < -0.3 is 29.9 Å². The SMILES string of the molecule is C#CC.CC#CC.CC(=O)N(C)CC(CN(C)C(C)=O)OC(=O)C1(c2ccc(-c3ccc(Cl)c(Cl)c3)c(F)c2)CC1.CC(=O)NCC(CNC(C)=O)OC(=O)C1(c2ccc(-c3ccc(Cl)c(Cl)c3)c(F)c2)CC1. The summed E-state index contributed by atoms with van der Waals surface area (Å²) in [5.41, 5.74) is 0.979. The number of hydrogen-bond donors (Lipinski definition) is 2. The molecule has 0 bridgehead atoms. The highest BCUT2D eigenvalue weighted by Crippen LogP contribution is 2.51. The summed E-state index contributed by atoms with van der Waals surface area (Å²) in [5, 5.41) is 6.56. The highest BCUT2D eigenvalue weighted by atomic mass is 35.5. The Morgan fingerprint density at radius 1 is 0.589 bits per heavy atom. The number of hydrogen-bond acceptors (Lipinski definition) is 8. The summed E-state index contributed by atoms with van der Waals surface area (Å²) in [4.78, 5) is 74.9. The number of ether oxygens (including phenoxy) is 2. The van der Waals surface area contributed by atoms with Gasteiger partial charge in [-0.3, -0.25) is 28.8 Å². The van der Waals surface area contributed by atoms with E-state index in [9.17, 15) is 33.2 Å². The Bertz CT molecular complexity index is 2720. The van der Waals surface area contributed by atoms with Crippen LogP contribution in [0.2, 0.25) is 20.1 Å². The predicted molar refractivity (Wildman–Crippen MR) is 283 cm³/mol. The molecule has 73 heavy (non-hydrogen) atoms. The molecule has 2 N–H and O–H groups in total. The van der Waals surface area contributed by atoms with E-state index in [1.165, 1.54) is 49.6 Å². The van der Waals surface area contributed by atoms with Gasteiger partial charge in [-0.05, 0) is 105 Å². The van der Waals surface area contributed by atoms with Crippen LogP contribution in [-0.2, 0) is 49.1 Å². The van der Waals surface area contributed by atoms with Crippen LogP contribution >= 0.6 is 46.4 Å². The third-order valence-electron chi connectivity index (χ3n) is 11.8. The standard InChI is InChI=1S/C25H27Cl2FN2O4.C23H23Cl2FN2O4.C4H6.C3H4/c1-15(31)29(3)13-19(14-30(4)16(2)32)34-24(33)25(9-10-25)18-6-7-20(23(28)12-18)17-5-8-21(26)22(27)11-17;1-13(29)27-11-17(12-28-14(2)30)32-22(31)23(7-8-23)16-4-5-18(21(26)10-16)15-3-6-19(24)20(25)9-15;1-3-4-2;1-3-2/h5-8,11-12,19H,9-10,13-14H2,1-4H3;3-6,9-10,17H,7-8,11-12H2,1-2H3,(H,27,29)(H,28,30);1-2H3;1H,2H3.